The number of aliphatic hydroxyl groups is 9. The lowest BCUT2D eigenvalue weighted by Gasteiger charge is -2.47. The van der Waals surface area contributed by atoms with Crippen LogP contribution in [0.1, 0.15) is 0 Å². The van der Waals surface area contributed by atoms with Gasteiger partial charge in [0.15, 0.2) is 25.0 Å². The summed E-state index contributed by atoms with van der Waals surface area (Å²) >= 11 is 0. The molecule has 3 rings (SSSR count). The Hall–Kier alpha value is -0.670. The molecule has 3 aliphatic heterocycles. The number of methoxy groups -OCH3 is 1. The van der Waals surface area contributed by atoms with Gasteiger partial charge in [-0.05, 0) is 0 Å². The van der Waals surface area contributed by atoms with Crippen LogP contribution >= 0.6 is 0 Å². The van der Waals surface area contributed by atoms with Gasteiger partial charge in [0.1, 0.15) is 67.1 Å². The fourth-order valence-electron chi connectivity index (χ4n) is 4.21. The van der Waals surface area contributed by atoms with E-state index < -0.39 is 112 Å². The number of ether oxygens (including phenoxy) is 6. The molecule has 15 nitrogen and oxygen atoms in total. The van der Waals surface area contributed by atoms with E-state index in [-0.39, 0.29) is 0 Å². The fraction of sp³-hybridized carbons (Fsp3) is 1.00. The topological polar surface area (TPSA) is 237 Å². The van der Waals surface area contributed by atoms with E-state index in [1.165, 1.54) is 0 Å². The van der Waals surface area contributed by atoms with Crippen molar-refractivity contribution < 1.29 is 78.8 Å². The molecule has 206 valence electrons. The highest BCUT2D eigenvalue weighted by Gasteiger charge is 2.53. The number of rotatable bonds is 8. The Balaban J connectivity index is 1.72. The van der Waals surface area contributed by atoms with Crippen LogP contribution in [0.5, 0.6) is 0 Å². The van der Waals surface area contributed by atoms with Crippen molar-refractivity contribution in [1.82, 2.24) is 0 Å². The summed E-state index contributed by atoms with van der Waals surface area (Å²) in [5.74, 6) is 0. The minimum atomic E-state index is -2.16. The first-order valence-corrected chi connectivity index (χ1v) is 10.9. The third-order valence-electron chi connectivity index (χ3n) is 6.26. The molecule has 0 bridgehead atoms. The summed E-state index contributed by atoms with van der Waals surface area (Å²) in [5.41, 5.74) is 0. The lowest BCUT2D eigenvalue weighted by molar-refractivity contribution is -0.375. The van der Waals surface area contributed by atoms with Crippen molar-refractivity contribution in [2.24, 2.45) is 0 Å². The van der Waals surface area contributed by atoms with Crippen molar-refractivity contribution in [3.63, 3.8) is 0 Å². The number of hydrogen-bond acceptors (Lipinski definition) is 15. The number of alkyl halides is 1. The predicted octanol–water partition coefficient (Wildman–Crippen LogP) is -5.94. The van der Waals surface area contributed by atoms with E-state index in [1.54, 1.807) is 0 Å². The molecule has 0 aliphatic carbocycles. The van der Waals surface area contributed by atoms with Gasteiger partial charge in [-0.1, -0.05) is 0 Å². The van der Waals surface area contributed by atoms with Crippen LogP contribution in [0.4, 0.5) is 4.39 Å². The Morgan fingerprint density at radius 3 is 1.57 bits per heavy atom. The van der Waals surface area contributed by atoms with Crippen molar-refractivity contribution in [2.75, 3.05) is 26.9 Å². The van der Waals surface area contributed by atoms with Crippen molar-refractivity contribution in [1.29, 1.82) is 0 Å². The molecule has 3 saturated heterocycles. The standard InChI is InChI=1S/C19H33FO15/c1-30-17-10(25)8(20)15(6(3-22)32-17)34-19-14(29)12(27)16(7(4-23)33-19)35-18-13(28)11(26)9(24)5(2-21)31-18/h5-19,21-29H,2-4H2,1H3/t5-,6-,7-,8-,9+,10-,11+,12-,13-,14-,15-,16-,17-,18+,19+/m1/s1. The monoisotopic (exact) mass is 520 g/mol. The van der Waals surface area contributed by atoms with Crippen molar-refractivity contribution in [3.8, 4) is 0 Å². The molecule has 0 saturated carbocycles. The van der Waals surface area contributed by atoms with Crippen LogP contribution in [0.2, 0.25) is 0 Å². The van der Waals surface area contributed by atoms with Crippen LogP contribution in [0.3, 0.4) is 0 Å². The van der Waals surface area contributed by atoms with Crippen LogP contribution in [0.25, 0.3) is 0 Å². The second-order valence-electron chi connectivity index (χ2n) is 8.50. The normalized spacial score (nSPS) is 51.3. The molecule has 9 N–H and O–H groups in total. The zero-order valence-electron chi connectivity index (χ0n) is 18.6. The minimum absolute atomic E-state index is 0.744. The molecule has 0 unspecified atom stereocenters. The Bertz CT molecular complexity index is 656. The van der Waals surface area contributed by atoms with Gasteiger partial charge in [0.2, 0.25) is 0 Å². The maximum Gasteiger partial charge on any atom is 0.187 e. The highest BCUT2D eigenvalue weighted by Crippen LogP contribution is 2.33. The van der Waals surface area contributed by atoms with E-state index in [2.05, 4.69) is 0 Å². The lowest BCUT2D eigenvalue weighted by atomic mass is 9.96. The second kappa shape index (κ2) is 12.2. The van der Waals surface area contributed by atoms with Crippen LogP contribution in [0, 0.1) is 0 Å². The van der Waals surface area contributed by atoms with Crippen LogP contribution in [-0.2, 0) is 28.4 Å². The van der Waals surface area contributed by atoms with Crippen molar-refractivity contribution in [2.45, 2.75) is 92.2 Å². The molecule has 0 aromatic rings. The highest BCUT2D eigenvalue weighted by molar-refractivity contribution is 4.96. The zero-order valence-corrected chi connectivity index (χ0v) is 18.6. The molecule has 35 heavy (non-hydrogen) atoms. The summed E-state index contributed by atoms with van der Waals surface area (Å²) in [6, 6.07) is 0. The summed E-state index contributed by atoms with van der Waals surface area (Å²) in [4.78, 5) is 0. The van der Waals surface area contributed by atoms with Gasteiger partial charge in [-0.15, -0.1) is 0 Å². The van der Waals surface area contributed by atoms with Gasteiger partial charge >= 0.3 is 0 Å². The first kappa shape index (κ1) is 28.9. The van der Waals surface area contributed by atoms with E-state index in [0.717, 1.165) is 7.11 Å². The van der Waals surface area contributed by atoms with Crippen molar-refractivity contribution in [3.05, 3.63) is 0 Å². The first-order valence-electron chi connectivity index (χ1n) is 10.9. The molecule has 0 aromatic heterocycles. The number of halogens is 1. The highest BCUT2D eigenvalue weighted by atomic mass is 19.1. The van der Waals surface area contributed by atoms with Gasteiger partial charge in [-0.25, -0.2) is 4.39 Å². The minimum Gasteiger partial charge on any atom is -0.394 e. The van der Waals surface area contributed by atoms with Gasteiger partial charge in [-0.2, -0.15) is 0 Å². The average molecular weight is 520 g/mol. The summed E-state index contributed by atoms with van der Waals surface area (Å²) in [5, 5.41) is 89.7. The molecule has 0 amide bonds. The van der Waals surface area contributed by atoms with Gasteiger partial charge in [0, 0.05) is 7.11 Å². The van der Waals surface area contributed by atoms with E-state index in [4.69, 9.17) is 28.4 Å². The number of hydrogen-bond donors (Lipinski definition) is 9. The third-order valence-corrected chi connectivity index (χ3v) is 6.26. The third kappa shape index (κ3) is 5.77. The van der Waals surface area contributed by atoms with Gasteiger partial charge in [-0.3, -0.25) is 0 Å². The Labute approximate surface area is 198 Å². The van der Waals surface area contributed by atoms with Crippen LogP contribution in [-0.4, -0.2) is 165 Å². The van der Waals surface area contributed by atoms with Gasteiger partial charge in [0.05, 0.1) is 19.8 Å². The summed E-state index contributed by atoms with van der Waals surface area (Å²) in [7, 11) is 1.15. The van der Waals surface area contributed by atoms with E-state index in [1.807, 2.05) is 0 Å². The number of aliphatic hydroxyl groups excluding tert-OH is 9. The second-order valence-corrected chi connectivity index (χ2v) is 8.50. The molecule has 3 fully saturated rings. The van der Waals surface area contributed by atoms with E-state index >= 15 is 0 Å². The molecule has 0 spiro atoms. The average Bonchev–Trinajstić information content (AvgIpc) is 2.86. The SMILES string of the molecule is CO[C@@H]1O[C@H](CO)[C@@H](O[C@@H]2O[C@H](CO)[C@@H](O[C@@H]3O[C@H](CO)[C@H](O)[C@H](O)[C@H]3O)[C@H](O)[C@H]2O)[C@H](F)[C@H]1O. The molecule has 0 aromatic carbocycles. The Morgan fingerprint density at radius 1 is 0.571 bits per heavy atom. The Morgan fingerprint density at radius 2 is 1.03 bits per heavy atom. The van der Waals surface area contributed by atoms with Crippen LogP contribution < -0.4 is 0 Å². The Kier molecular flexibility index (Phi) is 10.1. The van der Waals surface area contributed by atoms with Gasteiger partial charge in [0.25, 0.3) is 0 Å². The smallest absolute Gasteiger partial charge is 0.187 e. The van der Waals surface area contributed by atoms with Gasteiger partial charge < -0.3 is 74.4 Å². The molecule has 3 heterocycles. The maximum atomic E-state index is 14.8. The summed E-state index contributed by atoms with van der Waals surface area (Å²) in [6.07, 6.45) is -25.3. The summed E-state index contributed by atoms with van der Waals surface area (Å²) in [6.45, 7) is -2.33. The van der Waals surface area contributed by atoms with E-state index in [9.17, 15) is 50.3 Å². The summed E-state index contributed by atoms with van der Waals surface area (Å²) < 4.78 is 46.3. The fourth-order valence-corrected chi connectivity index (χ4v) is 4.21. The molecular weight excluding hydrogens is 487 g/mol. The predicted molar refractivity (Wildman–Crippen MR) is 105 cm³/mol. The molecule has 16 heteroatoms. The molecular formula is C19H33FO15. The molecule has 15 atom stereocenters. The lowest BCUT2D eigenvalue weighted by Crippen LogP contribution is -2.66. The molecule has 0 radical (unpaired) electrons. The van der Waals surface area contributed by atoms with Crippen molar-refractivity contribution >= 4 is 0 Å². The zero-order chi connectivity index (χ0) is 26.0. The van der Waals surface area contributed by atoms with Crippen LogP contribution in [0.15, 0.2) is 0 Å². The maximum absolute atomic E-state index is 14.8. The first-order chi connectivity index (χ1) is 16.6. The molecule has 3 aliphatic rings. The quantitative estimate of drug-likeness (QED) is 0.145. The largest absolute Gasteiger partial charge is 0.394 e. The van der Waals surface area contributed by atoms with E-state index in [0.29, 0.717) is 0 Å².